The first-order valence-electron chi connectivity index (χ1n) is 9.21. The van der Waals surface area contributed by atoms with Gasteiger partial charge in [-0.25, -0.2) is 0 Å². The second-order valence-corrected chi connectivity index (χ2v) is 6.06. The minimum atomic E-state index is 0. The van der Waals surface area contributed by atoms with Crippen LogP contribution in [-0.4, -0.2) is 56.1 Å². The van der Waals surface area contributed by atoms with Crippen molar-refractivity contribution in [2.45, 2.75) is 32.8 Å². The van der Waals surface area contributed by atoms with Crippen LogP contribution in [0.2, 0.25) is 0 Å². The summed E-state index contributed by atoms with van der Waals surface area (Å²) in [6, 6.07) is 10.2. The standard InChI is InChI=1S/C19H30N4O2.HI/c1-2-20-19(21-11-7-14-23-13-6-10-18(23)24)22-12-15-25-16-17-8-4-3-5-9-17;/h3-5,8-9H,2,6-7,10-16H2,1H3,(H2,20,21,22);1H. The fraction of sp³-hybridized carbons (Fsp3) is 0.579. The van der Waals surface area contributed by atoms with Gasteiger partial charge in [-0.2, -0.15) is 0 Å². The van der Waals surface area contributed by atoms with Crippen molar-refractivity contribution in [3.8, 4) is 0 Å². The summed E-state index contributed by atoms with van der Waals surface area (Å²) in [7, 11) is 0. The minimum absolute atomic E-state index is 0. The molecule has 0 aliphatic carbocycles. The molecule has 146 valence electrons. The predicted molar refractivity (Wildman–Crippen MR) is 116 cm³/mol. The van der Waals surface area contributed by atoms with E-state index in [-0.39, 0.29) is 29.9 Å². The van der Waals surface area contributed by atoms with Gasteiger partial charge in [0.1, 0.15) is 0 Å². The van der Waals surface area contributed by atoms with E-state index in [9.17, 15) is 4.79 Å². The summed E-state index contributed by atoms with van der Waals surface area (Å²) in [6.07, 6.45) is 2.60. The Kier molecular flexibility index (Phi) is 12.0. The van der Waals surface area contributed by atoms with E-state index in [1.165, 1.54) is 5.56 Å². The fourth-order valence-corrected chi connectivity index (χ4v) is 2.74. The van der Waals surface area contributed by atoms with Gasteiger partial charge >= 0.3 is 0 Å². The van der Waals surface area contributed by atoms with Crippen molar-refractivity contribution in [3.63, 3.8) is 0 Å². The lowest BCUT2D eigenvalue weighted by Gasteiger charge is -2.15. The molecule has 1 aliphatic heterocycles. The molecule has 7 heteroatoms. The number of rotatable bonds is 10. The average molecular weight is 474 g/mol. The molecule has 0 spiro atoms. The van der Waals surface area contributed by atoms with Crippen LogP contribution >= 0.6 is 24.0 Å². The second kappa shape index (κ2) is 13.8. The lowest BCUT2D eigenvalue weighted by Crippen LogP contribution is -2.39. The number of guanidine groups is 1. The van der Waals surface area contributed by atoms with Gasteiger partial charge in [0.15, 0.2) is 5.96 Å². The number of nitrogens with zero attached hydrogens (tertiary/aromatic N) is 2. The number of hydrogen-bond acceptors (Lipinski definition) is 3. The number of halogens is 1. The van der Waals surface area contributed by atoms with Crippen LogP contribution in [-0.2, 0) is 16.1 Å². The zero-order valence-corrected chi connectivity index (χ0v) is 17.9. The first kappa shape index (κ1) is 22.7. The number of carbonyl (C=O) groups is 1. The molecule has 0 aromatic heterocycles. The molecule has 1 heterocycles. The third-order valence-corrected chi connectivity index (χ3v) is 4.02. The van der Waals surface area contributed by atoms with Gasteiger partial charge in [-0.1, -0.05) is 30.3 Å². The van der Waals surface area contributed by atoms with Gasteiger partial charge in [0.05, 0.1) is 13.2 Å². The van der Waals surface area contributed by atoms with E-state index in [4.69, 9.17) is 4.74 Å². The van der Waals surface area contributed by atoms with Gasteiger partial charge in [0.25, 0.3) is 0 Å². The maximum Gasteiger partial charge on any atom is 0.222 e. The van der Waals surface area contributed by atoms with Gasteiger partial charge in [-0.3, -0.25) is 9.79 Å². The molecule has 1 amide bonds. The molecule has 26 heavy (non-hydrogen) atoms. The van der Waals surface area contributed by atoms with Gasteiger partial charge in [0, 0.05) is 39.1 Å². The first-order valence-corrected chi connectivity index (χ1v) is 9.21. The molecular formula is C19H31IN4O2. The SMILES string of the molecule is CCNC(=NCCCN1CCCC1=O)NCCOCc1ccccc1.I. The number of amides is 1. The molecule has 1 aromatic carbocycles. The Morgan fingerprint density at radius 3 is 2.77 bits per heavy atom. The van der Waals surface area contributed by atoms with Crippen molar-refractivity contribution in [3.05, 3.63) is 35.9 Å². The molecule has 0 radical (unpaired) electrons. The Hall–Kier alpha value is -1.35. The smallest absolute Gasteiger partial charge is 0.222 e. The number of aliphatic imine (C=N–C) groups is 1. The summed E-state index contributed by atoms with van der Waals surface area (Å²) in [6.45, 7) is 7.25. The molecule has 0 atom stereocenters. The highest BCUT2D eigenvalue weighted by Gasteiger charge is 2.18. The molecule has 1 aromatic rings. The van der Waals surface area contributed by atoms with Gasteiger partial charge in [-0.05, 0) is 25.3 Å². The molecule has 1 aliphatic rings. The first-order chi connectivity index (χ1) is 12.3. The van der Waals surface area contributed by atoms with Crippen LogP contribution in [0.5, 0.6) is 0 Å². The highest BCUT2D eigenvalue weighted by Crippen LogP contribution is 2.09. The van der Waals surface area contributed by atoms with E-state index < -0.39 is 0 Å². The minimum Gasteiger partial charge on any atom is -0.375 e. The van der Waals surface area contributed by atoms with Crippen LogP contribution < -0.4 is 10.6 Å². The summed E-state index contributed by atoms with van der Waals surface area (Å²) in [5.41, 5.74) is 1.18. The predicted octanol–water partition coefficient (Wildman–Crippen LogP) is 2.39. The van der Waals surface area contributed by atoms with Crippen LogP contribution in [0.3, 0.4) is 0 Å². The van der Waals surface area contributed by atoms with Crippen molar-refractivity contribution in [2.75, 3.05) is 39.3 Å². The summed E-state index contributed by atoms with van der Waals surface area (Å²) in [4.78, 5) is 18.1. The largest absolute Gasteiger partial charge is 0.375 e. The number of hydrogen-bond donors (Lipinski definition) is 2. The Balaban J connectivity index is 0.00000338. The van der Waals surface area contributed by atoms with E-state index >= 15 is 0 Å². The quantitative estimate of drug-likeness (QED) is 0.237. The highest BCUT2D eigenvalue weighted by molar-refractivity contribution is 14.0. The van der Waals surface area contributed by atoms with E-state index in [1.807, 2.05) is 30.0 Å². The van der Waals surface area contributed by atoms with E-state index in [0.29, 0.717) is 32.7 Å². The van der Waals surface area contributed by atoms with Crippen molar-refractivity contribution in [1.29, 1.82) is 0 Å². The highest BCUT2D eigenvalue weighted by atomic mass is 127. The number of benzene rings is 1. The Morgan fingerprint density at radius 2 is 2.08 bits per heavy atom. The third kappa shape index (κ3) is 8.84. The number of likely N-dealkylation sites (tertiary alicyclic amines) is 1. The Labute approximate surface area is 173 Å². The molecule has 0 bridgehead atoms. The normalized spacial score (nSPS) is 14.3. The van der Waals surface area contributed by atoms with Gasteiger partial charge in [-0.15, -0.1) is 24.0 Å². The van der Waals surface area contributed by atoms with Crippen LogP contribution in [0.4, 0.5) is 0 Å². The van der Waals surface area contributed by atoms with E-state index in [0.717, 1.165) is 38.4 Å². The van der Waals surface area contributed by atoms with Gasteiger partial charge < -0.3 is 20.3 Å². The Bertz CT molecular complexity index is 540. The third-order valence-electron chi connectivity index (χ3n) is 4.02. The summed E-state index contributed by atoms with van der Waals surface area (Å²) in [5, 5.41) is 6.51. The second-order valence-electron chi connectivity index (χ2n) is 6.06. The van der Waals surface area contributed by atoms with Crippen molar-refractivity contribution in [2.24, 2.45) is 4.99 Å². The zero-order valence-electron chi connectivity index (χ0n) is 15.6. The topological polar surface area (TPSA) is 66.0 Å². The molecule has 2 rings (SSSR count). The molecule has 1 fully saturated rings. The molecule has 2 N–H and O–H groups in total. The maximum atomic E-state index is 11.6. The van der Waals surface area contributed by atoms with Crippen LogP contribution in [0, 0.1) is 0 Å². The molecular weight excluding hydrogens is 443 g/mol. The monoisotopic (exact) mass is 474 g/mol. The lowest BCUT2D eigenvalue weighted by molar-refractivity contribution is -0.127. The van der Waals surface area contributed by atoms with Crippen LogP contribution in [0.25, 0.3) is 0 Å². The van der Waals surface area contributed by atoms with E-state index in [1.54, 1.807) is 0 Å². The maximum absolute atomic E-state index is 11.6. The molecule has 1 saturated heterocycles. The van der Waals surface area contributed by atoms with Crippen molar-refractivity contribution in [1.82, 2.24) is 15.5 Å². The van der Waals surface area contributed by atoms with Crippen molar-refractivity contribution < 1.29 is 9.53 Å². The summed E-state index contributed by atoms with van der Waals surface area (Å²) < 4.78 is 5.66. The number of nitrogens with one attached hydrogen (secondary N) is 2. The summed E-state index contributed by atoms with van der Waals surface area (Å²) >= 11 is 0. The lowest BCUT2D eigenvalue weighted by atomic mass is 10.2. The zero-order chi connectivity index (χ0) is 17.7. The van der Waals surface area contributed by atoms with Crippen molar-refractivity contribution >= 4 is 35.8 Å². The average Bonchev–Trinajstić information content (AvgIpc) is 3.04. The number of carbonyl (C=O) groups excluding carboxylic acids is 1. The molecule has 0 saturated carbocycles. The fourth-order valence-electron chi connectivity index (χ4n) is 2.74. The Morgan fingerprint density at radius 1 is 1.27 bits per heavy atom. The molecule has 6 nitrogen and oxygen atoms in total. The van der Waals surface area contributed by atoms with Crippen LogP contribution in [0.15, 0.2) is 35.3 Å². The number of ether oxygens (including phenoxy) is 1. The van der Waals surface area contributed by atoms with E-state index in [2.05, 4.69) is 27.8 Å². The van der Waals surface area contributed by atoms with Crippen LogP contribution in [0.1, 0.15) is 31.7 Å². The van der Waals surface area contributed by atoms with Gasteiger partial charge in [0.2, 0.25) is 5.91 Å². The molecule has 0 unspecified atom stereocenters. The summed E-state index contributed by atoms with van der Waals surface area (Å²) in [5.74, 6) is 1.09.